The standard InChI is InChI=1S/C30H29ClFN7O5S/c1-6-20(41)37-10-15(4)38-17(11-37)12-45(43,44)27-22-28(35-25(23(27)31)21-18(32)8-7-9-19(21)40)39(30(42)36-29(22)38)26-16(5)33-13-34-24(26)14(2)3/h6-9,13-15,17,40H,1,10-12H2,2-5H3. The summed E-state index contributed by atoms with van der Waals surface area (Å²) in [5.74, 6) is -2.50. The highest BCUT2D eigenvalue weighted by Crippen LogP contribution is 2.46. The normalized spacial score (nSPS) is 19.0. The fraction of sp³-hybridized carbons (Fsp3) is 0.333. The van der Waals surface area contributed by atoms with Gasteiger partial charge in [0.25, 0.3) is 0 Å². The fourth-order valence-corrected chi connectivity index (χ4v) is 8.69. The van der Waals surface area contributed by atoms with Crippen LogP contribution in [-0.4, -0.2) is 79.8 Å². The third-order valence-electron chi connectivity index (χ3n) is 8.17. The van der Waals surface area contributed by atoms with Gasteiger partial charge in [-0.2, -0.15) is 4.98 Å². The molecule has 6 rings (SSSR count). The third-order valence-corrected chi connectivity index (χ3v) is 10.5. The number of carbonyl (C=O) groups is 1. The first-order chi connectivity index (χ1) is 21.3. The van der Waals surface area contributed by atoms with Crippen LogP contribution >= 0.6 is 11.6 Å². The number of benzene rings is 1. The van der Waals surface area contributed by atoms with E-state index >= 15 is 4.39 Å². The maximum absolute atomic E-state index is 15.3. The van der Waals surface area contributed by atoms with E-state index in [9.17, 15) is 23.1 Å². The summed E-state index contributed by atoms with van der Waals surface area (Å²) in [6.45, 7) is 11.0. The van der Waals surface area contributed by atoms with Crippen molar-refractivity contribution in [1.82, 2.24) is 29.4 Å². The van der Waals surface area contributed by atoms with E-state index in [1.807, 2.05) is 13.8 Å². The van der Waals surface area contributed by atoms with Crippen molar-refractivity contribution in [3.63, 3.8) is 0 Å². The first-order valence-corrected chi connectivity index (χ1v) is 16.2. The average molecular weight is 654 g/mol. The summed E-state index contributed by atoms with van der Waals surface area (Å²) in [6.07, 6.45) is 2.52. The minimum absolute atomic E-state index is 0.00378. The highest BCUT2D eigenvalue weighted by atomic mass is 35.5. The van der Waals surface area contributed by atoms with Crippen LogP contribution in [0.25, 0.3) is 28.0 Å². The molecule has 1 N–H and O–H groups in total. The van der Waals surface area contributed by atoms with Crippen molar-refractivity contribution >= 4 is 44.2 Å². The Morgan fingerprint density at radius 1 is 1.22 bits per heavy atom. The molecule has 0 aliphatic carbocycles. The number of phenols is 1. The van der Waals surface area contributed by atoms with E-state index in [1.54, 1.807) is 18.7 Å². The Kier molecular flexibility index (Phi) is 7.39. The molecule has 2 aliphatic rings. The van der Waals surface area contributed by atoms with Gasteiger partial charge < -0.3 is 14.9 Å². The molecule has 0 spiro atoms. The molecule has 3 aromatic heterocycles. The number of rotatable bonds is 4. The van der Waals surface area contributed by atoms with Crippen molar-refractivity contribution in [2.45, 2.75) is 50.6 Å². The maximum atomic E-state index is 15.3. The van der Waals surface area contributed by atoms with E-state index in [1.165, 1.54) is 23.4 Å². The maximum Gasteiger partial charge on any atom is 0.355 e. The molecule has 0 saturated carbocycles. The second-order valence-corrected chi connectivity index (χ2v) is 13.8. The van der Waals surface area contributed by atoms with Crippen molar-refractivity contribution in [3.8, 4) is 22.7 Å². The summed E-state index contributed by atoms with van der Waals surface area (Å²) in [6, 6.07) is 2.27. The van der Waals surface area contributed by atoms with E-state index in [4.69, 9.17) is 11.6 Å². The highest BCUT2D eigenvalue weighted by molar-refractivity contribution is 7.91. The molecular weight excluding hydrogens is 625 g/mol. The number of phenolic OH excluding ortho intramolecular Hbond substituents is 1. The second-order valence-electron chi connectivity index (χ2n) is 11.5. The van der Waals surface area contributed by atoms with Gasteiger partial charge in [0.1, 0.15) is 28.6 Å². The van der Waals surface area contributed by atoms with Gasteiger partial charge in [0, 0.05) is 19.1 Å². The fourth-order valence-electron chi connectivity index (χ4n) is 6.30. The topological polar surface area (TPSA) is 151 Å². The average Bonchev–Trinajstić information content (AvgIpc) is 3.06. The summed E-state index contributed by atoms with van der Waals surface area (Å²) in [7, 11) is -4.34. The number of piperazine rings is 1. The quantitative estimate of drug-likeness (QED) is 0.324. The second kappa shape index (κ2) is 10.9. The molecule has 15 heteroatoms. The zero-order chi connectivity index (χ0) is 32.5. The first kappa shape index (κ1) is 30.6. The minimum Gasteiger partial charge on any atom is -0.507 e. The number of nitrogens with zero attached hydrogens (tertiary/aromatic N) is 7. The Bertz CT molecular complexity index is 2080. The van der Waals surface area contributed by atoms with Gasteiger partial charge in [0.2, 0.25) is 5.91 Å². The molecule has 2 aliphatic heterocycles. The van der Waals surface area contributed by atoms with Crippen molar-refractivity contribution in [2.24, 2.45) is 0 Å². The van der Waals surface area contributed by atoms with Gasteiger partial charge in [-0.1, -0.05) is 38.1 Å². The number of sulfone groups is 1. The molecule has 1 saturated heterocycles. The van der Waals surface area contributed by atoms with E-state index < -0.39 is 60.4 Å². The van der Waals surface area contributed by atoms with E-state index in [-0.39, 0.29) is 53.1 Å². The molecule has 0 radical (unpaired) electrons. The van der Waals surface area contributed by atoms with Crippen LogP contribution in [0, 0.1) is 12.7 Å². The first-order valence-electron chi connectivity index (χ1n) is 14.1. The SMILES string of the molecule is C=CC(=O)N1CC(C)N2c3nc(=O)n(-c4c(C)ncnc4C(C)C)c4nc(-c5c(O)cccc5F)c(Cl)c(c34)S(=O)(=O)CC2C1. The van der Waals surface area contributed by atoms with Crippen LogP contribution in [0.15, 0.2) is 46.9 Å². The van der Waals surface area contributed by atoms with Gasteiger partial charge in [-0.05, 0) is 38.0 Å². The van der Waals surface area contributed by atoms with Gasteiger partial charge in [0.05, 0.1) is 50.5 Å². The Labute approximate surface area is 262 Å². The van der Waals surface area contributed by atoms with Crippen LogP contribution < -0.4 is 10.6 Å². The van der Waals surface area contributed by atoms with Gasteiger partial charge >= 0.3 is 5.69 Å². The lowest BCUT2D eigenvalue weighted by Crippen LogP contribution is -2.61. The van der Waals surface area contributed by atoms with Gasteiger partial charge in [0.15, 0.2) is 15.5 Å². The minimum atomic E-state index is -4.34. The molecule has 234 valence electrons. The number of carbonyl (C=O) groups excluding carboxylic acids is 1. The van der Waals surface area contributed by atoms with Crippen LogP contribution in [0.4, 0.5) is 10.2 Å². The number of aromatic hydroxyl groups is 1. The number of hydrogen-bond donors (Lipinski definition) is 1. The van der Waals surface area contributed by atoms with Gasteiger partial charge in [-0.15, -0.1) is 0 Å². The zero-order valence-corrected chi connectivity index (χ0v) is 26.4. The van der Waals surface area contributed by atoms with Crippen LogP contribution in [0.2, 0.25) is 5.02 Å². The number of aromatic nitrogens is 5. The predicted octanol–water partition coefficient (Wildman–Crippen LogP) is 3.55. The van der Waals surface area contributed by atoms with Crippen molar-refractivity contribution in [1.29, 1.82) is 0 Å². The molecule has 1 fully saturated rings. The van der Waals surface area contributed by atoms with Crippen LogP contribution in [0.5, 0.6) is 5.75 Å². The Morgan fingerprint density at radius 2 is 1.96 bits per heavy atom. The zero-order valence-electron chi connectivity index (χ0n) is 24.8. The number of fused-ring (bicyclic) bond motifs is 2. The molecule has 0 bridgehead atoms. The summed E-state index contributed by atoms with van der Waals surface area (Å²) in [5.41, 5.74) is -0.694. The van der Waals surface area contributed by atoms with Crippen molar-refractivity contribution in [3.05, 3.63) is 69.9 Å². The number of amides is 1. The van der Waals surface area contributed by atoms with E-state index in [0.717, 1.165) is 16.7 Å². The lowest BCUT2D eigenvalue weighted by molar-refractivity contribution is -0.127. The van der Waals surface area contributed by atoms with E-state index in [2.05, 4.69) is 26.5 Å². The number of anilines is 1. The number of aryl methyl sites for hydroxylation is 1. The van der Waals surface area contributed by atoms with Crippen LogP contribution in [-0.2, 0) is 14.6 Å². The Hall–Kier alpha value is -4.43. The molecular formula is C30H29ClFN7O5S. The summed E-state index contributed by atoms with van der Waals surface area (Å²) in [4.78, 5) is 47.3. The molecule has 4 aromatic rings. The number of pyridine rings is 1. The molecule has 45 heavy (non-hydrogen) atoms. The Balaban J connectivity index is 1.81. The lowest BCUT2D eigenvalue weighted by atomic mass is 10.0. The molecule has 12 nitrogen and oxygen atoms in total. The predicted molar refractivity (Wildman–Crippen MR) is 166 cm³/mol. The third kappa shape index (κ3) is 4.74. The van der Waals surface area contributed by atoms with Crippen molar-refractivity contribution in [2.75, 3.05) is 23.7 Å². The van der Waals surface area contributed by atoms with Gasteiger partial charge in [-0.25, -0.2) is 37.1 Å². The summed E-state index contributed by atoms with van der Waals surface area (Å²) < 4.78 is 45.2. The monoisotopic (exact) mass is 653 g/mol. The van der Waals surface area contributed by atoms with Crippen molar-refractivity contribution < 1.29 is 22.7 Å². The molecule has 5 heterocycles. The molecule has 2 unspecified atom stereocenters. The summed E-state index contributed by atoms with van der Waals surface area (Å²) >= 11 is 6.86. The van der Waals surface area contributed by atoms with E-state index in [0.29, 0.717) is 11.4 Å². The number of halogens is 2. The van der Waals surface area contributed by atoms with Crippen LogP contribution in [0.1, 0.15) is 38.1 Å². The Morgan fingerprint density at radius 3 is 2.62 bits per heavy atom. The molecule has 2 atom stereocenters. The highest BCUT2D eigenvalue weighted by Gasteiger charge is 2.44. The number of hydrogen-bond acceptors (Lipinski definition) is 10. The largest absolute Gasteiger partial charge is 0.507 e. The summed E-state index contributed by atoms with van der Waals surface area (Å²) in [5, 5.41) is 10.2. The van der Waals surface area contributed by atoms with Crippen LogP contribution in [0.3, 0.4) is 0 Å². The molecule has 1 aromatic carbocycles. The lowest BCUT2D eigenvalue weighted by Gasteiger charge is -2.45. The smallest absolute Gasteiger partial charge is 0.355 e. The molecule has 1 amide bonds. The van der Waals surface area contributed by atoms with Gasteiger partial charge in [-0.3, -0.25) is 4.79 Å².